The average Bonchev–Trinajstić information content (AvgIpc) is 2.61. The van der Waals surface area contributed by atoms with Crippen molar-refractivity contribution in [2.45, 2.75) is 4.90 Å². The van der Waals surface area contributed by atoms with E-state index in [4.69, 9.17) is 9.84 Å². The van der Waals surface area contributed by atoms with Crippen LogP contribution >= 0.6 is 0 Å². The number of anilines is 1. The normalized spacial score (nSPS) is 11.5. The summed E-state index contributed by atoms with van der Waals surface area (Å²) in [4.78, 5) is 10.4. The van der Waals surface area contributed by atoms with E-state index in [1.165, 1.54) is 38.4 Å². The van der Waals surface area contributed by atoms with Crippen LogP contribution in [0.25, 0.3) is 6.08 Å². The minimum Gasteiger partial charge on any atom is -0.495 e. The molecule has 1 N–H and O–H groups in total. The van der Waals surface area contributed by atoms with Crippen molar-refractivity contribution in [3.8, 4) is 5.75 Å². The quantitative estimate of drug-likeness (QED) is 0.776. The monoisotopic (exact) mass is 383 g/mol. The smallest absolute Gasteiger partial charge is 0.328 e. The third-order valence-corrected chi connectivity index (χ3v) is 5.32. The number of sulfonamides is 1. The number of ether oxygens (including phenoxy) is 1. The lowest BCUT2D eigenvalue weighted by Crippen LogP contribution is -2.27. The topological polar surface area (TPSA) is 83.9 Å². The van der Waals surface area contributed by atoms with Gasteiger partial charge in [0.2, 0.25) is 0 Å². The molecule has 0 unspecified atom stereocenters. The second kappa shape index (κ2) is 7.52. The van der Waals surface area contributed by atoms with Crippen molar-refractivity contribution in [3.05, 3.63) is 59.7 Å². The van der Waals surface area contributed by atoms with Crippen LogP contribution < -0.4 is 9.04 Å². The molecule has 0 aromatic heterocycles. The molecule has 0 heterocycles. The highest BCUT2D eigenvalue weighted by Crippen LogP contribution is 2.30. The first-order valence-corrected chi connectivity index (χ1v) is 8.64. The van der Waals surface area contributed by atoms with Gasteiger partial charge in [0.1, 0.15) is 10.6 Å². The second-order valence-corrected chi connectivity index (χ2v) is 7.09. The number of nitrogens with zero attached hydrogens (tertiary/aromatic N) is 1. The Kier molecular flexibility index (Phi) is 5.61. The van der Waals surface area contributed by atoms with Gasteiger partial charge >= 0.3 is 5.97 Å². The summed E-state index contributed by atoms with van der Waals surface area (Å²) in [5.41, 5.74) is 0.225. The van der Waals surface area contributed by atoms with Crippen molar-refractivity contribution >= 4 is 27.8 Å². The molecule has 2 aromatic carbocycles. The molecular formula is C17H15F2NO5S. The number of halogens is 2. The van der Waals surface area contributed by atoms with Crippen LogP contribution in [0.15, 0.2) is 47.4 Å². The Hall–Kier alpha value is -2.94. The average molecular weight is 383 g/mol. The Bertz CT molecular complexity index is 973. The number of carboxylic acids is 1. The number of methoxy groups -OCH3 is 1. The van der Waals surface area contributed by atoms with Crippen LogP contribution in [0, 0.1) is 11.6 Å². The maximum absolute atomic E-state index is 13.4. The number of hydrogen-bond acceptors (Lipinski definition) is 4. The van der Waals surface area contributed by atoms with Crippen LogP contribution in [0.1, 0.15) is 5.56 Å². The van der Waals surface area contributed by atoms with E-state index in [-0.39, 0.29) is 16.3 Å². The van der Waals surface area contributed by atoms with Gasteiger partial charge < -0.3 is 9.84 Å². The van der Waals surface area contributed by atoms with Crippen LogP contribution in [-0.4, -0.2) is 33.7 Å². The van der Waals surface area contributed by atoms with Crippen molar-refractivity contribution in [3.63, 3.8) is 0 Å². The molecule has 0 spiro atoms. The van der Waals surface area contributed by atoms with Crippen molar-refractivity contribution in [1.29, 1.82) is 0 Å². The van der Waals surface area contributed by atoms with E-state index in [9.17, 15) is 22.0 Å². The van der Waals surface area contributed by atoms with E-state index >= 15 is 0 Å². The molecule has 2 aromatic rings. The molecule has 0 aliphatic heterocycles. The number of carboxylic acid groups (broad SMARTS) is 1. The van der Waals surface area contributed by atoms with Crippen molar-refractivity contribution in [2.75, 3.05) is 18.5 Å². The van der Waals surface area contributed by atoms with Gasteiger partial charge in [-0.1, -0.05) is 6.07 Å². The fourth-order valence-corrected chi connectivity index (χ4v) is 3.51. The summed E-state index contributed by atoms with van der Waals surface area (Å²) in [6.07, 6.45) is 2.08. The van der Waals surface area contributed by atoms with Gasteiger partial charge in [-0.15, -0.1) is 0 Å². The molecule has 26 heavy (non-hydrogen) atoms. The van der Waals surface area contributed by atoms with Crippen molar-refractivity contribution in [2.24, 2.45) is 0 Å². The van der Waals surface area contributed by atoms with E-state index in [1.807, 2.05) is 0 Å². The lowest BCUT2D eigenvalue weighted by atomic mass is 10.2. The van der Waals surface area contributed by atoms with E-state index in [0.29, 0.717) is 5.56 Å². The molecule has 0 bridgehead atoms. The zero-order valence-corrected chi connectivity index (χ0v) is 14.6. The third kappa shape index (κ3) is 3.99. The second-order valence-electron chi connectivity index (χ2n) is 5.15. The Balaban J connectivity index is 2.53. The fraction of sp³-hybridized carbons (Fsp3) is 0.118. The minimum absolute atomic E-state index is 0.0203. The summed E-state index contributed by atoms with van der Waals surface area (Å²) < 4.78 is 58.1. The third-order valence-electron chi connectivity index (χ3n) is 3.51. The maximum atomic E-state index is 13.4. The summed E-state index contributed by atoms with van der Waals surface area (Å²) in [5.74, 6) is -3.45. The molecule has 138 valence electrons. The lowest BCUT2D eigenvalue weighted by molar-refractivity contribution is -0.131. The van der Waals surface area contributed by atoms with Crippen LogP contribution in [0.2, 0.25) is 0 Å². The number of carbonyl (C=O) groups is 1. The number of aliphatic carboxylic acids is 1. The molecule has 9 heteroatoms. The first-order valence-electron chi connectivity index (χ1n) is 7.20. The van der Waals surface area contributed by atoms with Crippen molar-refractivity contribution < 1.29 is 31.8 Å². The van der Waals surface area contributed by atoms with Crippen LogP contribution in [0.5, 0.6) is 5.75 Å². The zero-order chi connectivity index (χ0) is 19.5. The van der Waals surface area contributed by atoms with Crippen LogP contribution in [0.3, 0.4) is 0 Å². The van der Waals surface area contributed by atoms with Crippen molar-refractivity contribution in [1.82, 2.24) is 0 Å². The zero-order valence-electron chi connectivity index (χ0n) is 13.8. The Morgan fingerprint density at radius 1 is 1.15 bits per heavy atom. The van der Waals surface area contributed by atoms with E-state index in [2.05, 4.69) is 0 Å². The highest BCUT2D eigenvalue weighted by atomic mass is 32.2. The van der Waals surface area contributed by atoms with Crippen LogP contribution in [0.4, 0.5) is 14.5 Å². The first-order chi connectivity index (χ1) is 12.2. The molecule has 0 amide bonds. The molecule has 0 saturated heterocycles. The number of benzene rings is 2. The predicted molar refractivity (Wildman–Crippen MR) is 91.6 cm³/mol. The highest BCUT2D eigenvalue weighted by molar-refractivity contribution is 7.92. The number of hydrogen-bond donors (Lipinski definition) is 1. The summed E-state index contributed by atoms with van der Waals surface area (Å²) in [5, 5.41) is 8.69. The van der Waals surface area contributed by atoms with Gasteiger partial charge in [0.15, 0.2) is 11.6 Å². The standard InChI is InChI=1S/C17H15F2NO5S/c1-20(12-5-6-13(18)14(19)10-12)26(23,24)16-9-11(4-8-17(21)22)3-7-15(16)25-2/h3-10H,1-2H3,(H,21,22)/b8-4-. The number of rotatable bonds is 6. The van der Waals surface area contributed by atoms with E-state index in [0.717, 1.165) is 28.6 Å². The Morgan fingerprint density at radius 3 is 2.42 bits per heavy atom. The summed E-state index contributed by atoms with van der Waals surface area (Å²) in [6, 6.07) is 6.77. The van der Waals surface area contributed by atoms with Crippen LogP contribution in [-0.2, 0) is 14.8 Å². The van der Waals surface area contributed by atoms with Gasteiger partial charge in [0.25, 0.3) is 10.0 Å². The van der Waals surface area contributed by atoms with Gasteiger partial charge in [-0.05, 0) is 35.9 Å². The molecule has 0 saturated carbocycles. The molecule has 0 aliphatic rings. The fourth-order valence-electron chi connectivity index (χ4n) is 2.13. The minimum atomic E-state index is -4.19. The summed E-state index contributed by atoms with van der Waals surface area (Å²) in [7, 11) is -1.73. The molecule has 0 radical (unpaired) electrons. The van der Waals surface area contributed by atoms with Gasteiger partial charge in [-0.25, -0.2) is 22.0 Å². The van der Waals surface area contributed by atoms with E-state index in [1.54, 1.807) is 0 Å². The molecule has 0 atom stereocenters. The molecule has 0 aliphatic carbocycles. The molecule has 6 nitrogen and oxygen atoms in total. The highest BCUT2D eigenvalue weighted by Gasteiger charge is 2.26. The molecule has 0 fully saturated rings. The lowest BCUT2D eigenvalue weighted by Gasteiger charge is -2.21. The van der Waals surface area contributed by atoms with Gasteiger partial charge in [-0.2, -0.15) is 0 Å². The van der Waals surface area contributed by atoms with Gasteiger partial charge in [-0.3, -0.25) is 4.31 Å². The first kappa shape index (κ1) is 19.4. The van der Waals surface area contributed by atoms with Gasteiger partial charge in [0.05, 0.1) is 12.8 Å². The Labute approximate surface area is 149 Å². The largest absolute Gasteiger partial charge is 0.495 e. The predicted octanol–water partition coefficient (Wildman–Crippen LogP) is 2.90. The summed E-state index contributed by atoms with van der Waals surface area (Å²) in [6.45, 7) is 0. The van der Waals surface area contributed by atoms with E-state index < -0.39 is 27.6 Å². The Morgan fingerprint density at radius 2 is 1.85 bits per heavy atom. The summed E-state index contributed by atoms with van der Waals surface area (Å²) >= 11 is 0. The molecule has 2 rings (SSSR count). The SMILES string of the molecule is COc1ccc(/C=C\C(=O)O)cc1S(=O)(=O)N(C)c1ccc(F)c(F)c1. The molecular weight excluding hydrogens is 368 g/mol. The van der Waals surface area contributed by atoms with Gasteiger partial charge in [0, 0.05) is 19.2 Å². The maximum Gasteiger partial charge on any atom is 0.328 e.